The van der Waals surface area contributed by atoms with E-state index in [2.05, 4.69) is 46.0 Å². The van der Waals surface area contributed by atoms with Crippen LogP contribution in [0.1, 0.15) is 62.0 Å². The Balaban J connectivity index is 1.25. The zero-order chi connectivity index (χ0) is 23.4. The van der Waals surface area contributed by atoms with Crippen molar-refractivity contribution in [2.24, 2.45) is 0 Å². The van der Waals surface area contributed by atoms with Gasteiger partial charge in [0.2, 0.25) is 11.7 Å². The lowest BCUT2D eigenvalue weighted by Gasteiger charge is -2.38. The number of hydrogen-bond acceptors (Lipinski definition) is 6. The monoisotopic (exact) mass is 459 g/mol. The Labute approximate surface area is 198 Å². The number of carboxylic acids is 1. The molecule has 0 radical (unpaired) electrons. The number of hydroxylamine groups is 1. The third kappa shape index (κ3) is 4.89. The van der Waals surface area contributed by atoms with Gasteiger partial charge in [0.05, 0.1) is 12.1 Å². The molecule has 0 amide bonds. The van der Waals surface area contributed by atoms with E-state index in [4.69, 9.17) is 14.5 Å². The van der Waals surface area contributed by atoms with Gasteiger partial charge in [0, 0.05) is 12.0 Å². The van der Waals surface area contributed by atoms with Crippen LogP contribution in [0, 0.1) is 0 Å². The van der Waals surface area contributed by atoms with Gasteiger partial charge in [-0.05, 0) is 41.9 Å². The van der Waals surface area contributed by atoms with Crippen LogP contribution in [0.4, 0.5) is 0 Å². The van der Waals surface area contributed by atoms with E-state index in [1.807, 2.05) is 24.3 Å². The zero-order valence-electron chi connectivity index (χ0n) is 19.1. The standard InChI is InChI=1S/C27H29N3O4/c31-25(32)18-22-17-23(29-33-22)19-9-11-20(12-10-19)26-28-24(34-30-26)13-16-27(14-5-2-6-15-27)21-7-3-1-4-8-21/h1,3-4,7-12,17,22,29H,2,5-6,13-16,18H2,(H,31,32)/t22-/m1/s1. The number of rotatable bonds is 8. The summed E-state index contributed by atoms with van der Waals surface area (Å²) in [7, 11) is 0. The maximum atomic E-state index is 10.9. The number of nitrogens with zero attached hydrogens (tertiary/aromatic N) is 2. The summed E-state index contributed by atoms with van der Waals surface area (Å²) < 4.78 is 5.61. The van der Waals surface area contributed by atoms with Crippen molar-refractivity contribution in [2.45, 2.75) is 62.9 Å². The summed E-state index contributed by atoms with van der Waals surface area (Å²) in [6, 6.07) is 18.6. The number of hydrogen-bond donors (Lipinski definition) is 2. The summed E-state index contributed by atoms with van der Waals surface area (Å²) in [6.07, 6.45) is 9.26. The zero-order valence-corrected chi connectivity index (χ0v) is 19.1. The first-order valence-corrected chi connectivity index (χ1v) is 12.0. The van der Waals surface area contributed by atoms with Crippen LogP contribution in [0.5, 0.6) is 0 Å². The Morgan fingerprint density at radius 2 is 1.76 bits per heavy atom. The minimum absolute atomic E-state index is 0.0776. The van der Waals surface area contributed by atoms with Crippen molar-refractivity contribution < 1.29 is 19.3 Å². The molecule has 3 aromatic rings. The predicted molar refractivity (Wildman–Crippen MR) is 127 cm³/mol. The van der Waals surface area contributed by atoms with Crippen LogP contribution in [0.15, 0.2) is 65.2 Å². The number of carbonyl (C=O) groups is 1. The molecule has 2 aromatic carbocycles. The molecule has 176 valence electrons. The minimum Gasteiger partial charge on any atom is -0.481 e. The molecular formula is C27H29N3O4. The molecule has 1 fully saturated rings. The fourth-order valence-corrected chi connectivity index (χ4v) is 5.14. The molecule has 0 bridgehead atoms. The topological polar surface area (TPSA) is 97.5 Å². The number of aromatic nitrogens is 2. The van der Waals surface area contributed by atoms with Gasteiger partial charge in [0.25, 0.3) is 0 Å². The van der Waals surface area contributed by atoms with Gasteiger partial charge in [-0.25, -0.2) is 0 Å². The minimum atomic E-state index is -0.897. The van der Waals surface area contributed by atoms with E-state index in [-0.39, 0.29) is 11.8 Å². The molecule has 5 rings (SSSR count). The van der Waals surface area contributed by atoms with Gasteiger partial charge in [-0.1, -0.05) is 79.0 Å². The molecule has 7 nitrogen and oxygen atoms in total. The van der Waals surface area contributed by atoms with Crippen molar-refractivity contribution in [3.8, 4) is 11.4 Å². The Morgan fingerprint density at radius 3 is 2.50 bits per heavy atom. The molecule has 0 unspecified atom stereocenters. The van der Waals surface area contributed by atoms with E-state index >= 15 is 0 Å². The lowest BCUT2D eigenvalue weighted by atomic mass is 9.67. The highest BCUT2D eigenvalue weighted by Gasteiger charge is 2.34. The summed E-state index contributed by atoms with van der Waals surface area (Å²) in [5, 5.41) is 13.1. The Morgan fingerprint density at radius 1 is 1.03 bits per heavy atom. The maximum Gasteiger partial charge on any atom is 0.306 e. The second-order valence-corrected chi connectivity index (χ2v) is 9.23. The van der Waals surface area contributed by atoms with Crippen LogP contribution in [0.25, 0.3) is 17.1 Å². The summed E-state index contributed by atoms with van der Waals surface area (Å²) >= 11 is 0. The van der Waals surface area contributed by atoms with Gasteiger partial charge in [0.15, 0.2) is 0 Å². The highest BCUT2D eigenvalue weighted by atomic mass is 16.7. The van der Waals surface area contributed by atoms with E-state index in [1.165, 1.54) is 37.7 Å². The van der Waals surface area contributed by atoms with Gasteiger partial charge in [-0.2, -0.15) is 4.98 Å². The first-order chi connectivity index (χ1) is 16.6. The van der Waals surface area contributed by atoms with E-state index in [0.29, 0.717) is 11.7 Å². The molecule has 1 saturated carbocycles. The van der Waals surface area contributed by atoms with E-state index in [1.54, 1.807) is 6.08 Å². The van der Waals surface area contributed by atoms with Gasteiger partial charge in [-0.3, -0.25) is 15.1 Å². The molecule has 0 spiro atoms. The van der Waals surface area contributed by atoms with Crippen molar-refractivity contribution in [2.75, 3.05) is 0 Å². The van der Waals surface area contributed by atoms with Crippen molar-refractivity contribution >= 4 is 11.7 Å². The molecule has 7 heteroatoms. The summed E-state index contributed by atoms with van der Waals surface area (Å²) in [4.78, 5) is 20.8. The second-order valence-electron chi connectivity index (χ2n) is 9.23. The Bertz CT molecular complexity index is 1150. The van der Waals surface area contributed by atoms with Crippen LogP contribution in [0.3, 0.4) is 0 Å². The Hall–Kier alpha value is -3.45. The summed E-state index contributed by atoms with van der Waals surface area (Å²) in [6.45, 7) is 0. The van der Waals surface area contributed by atoms with Crippen LogP contribution in [-0.4, -0.2) is 27.3 Å². The molecule has 2 aliphatic rings. The van der Waals surface area contributed by atoms with Crippen LogP contribution in [0.2, 0.25) is 0 Å². The number of benzene rings is 2. The number of aryl methyl sites for hydroxylation is 1. The van der Waals surface area contributed by atoms with Crippen LogP contribution in [-0.2, 0) is 21.5 Å². The summed E-state index contributed by atoms with van der Waals surface area (Å²) in [5.41, 5.74) is 6.95. The number of nitrogens with one attached hydrogen (secondary N) is 1. The van der Waals surface area contributed by atoms with Gasteiger partial charge in [0.1, 0.15) is 6.10 Å². The van der Waals surface area contributed by atoms with Crippen molar-refractivity contribution in [1.82, 2.24) is 15.6 Å². The lowest BCUT2D eigenvalue weighted by Crippen LogP contribution is -2.29. The van der Waals surface area contributed by atoms with Gasteiger partial charge < -0.3 is 9.63 Å². The third-order valence-corrected chi connectivity index (χ3v) is 6.99. The first kappa shape index (κ1) is 22.3. The van der Waals surface area contributed by atoms with Crippen molar-refractivity contribution in [1.29, 1.82) is 0 Å². The molecule has 1 aliphatic carbocycles. The fourth-order valence-electron chi connectivity index (χ4n) is 5.14. The largest absolute Gasteiger partial charge is 0.481 e. The van der Waals surface area contributed by atoms with Gasteiger partial charge >= 0.3 is 5.97 Å². The average molecular weight is 460 g/mol. The lowest BCUT2D eigenvalue weighted by molar-refractivity contribution is -0.139. The average Bonchev–Trinajstić information content (AvgIpc) is 3.54. The summed E-state index contributed by atoms with van der Waals surface area (Å²) in [5.74, 6) is 0.350. The highest BCUT2D eigenvalue weighted by molar-refractivity contribution is 5.71. The van der Waals surface area contributed by atoms with E-state index in [9.17, 15) is 4.79 Å². The quantitative estimate of drug-likeness (QED) is 0.472. The predicted octanol–water partition coefficient (Wildman–Crippen LogP) is 5.29. The molecule has 1 atom stereocenters. The highest BCUT2D eigenvalue weighted by Crippen LogP contribution is 2.42. The third-order valence-electron chi connectivity index (χ3n) is 6.99. The molecule has 2 heterocycles. The van der Waals surface area contributed by atoms with Gasteiger partial charge in [-0.15, -0.1) is 0 Å². The first-order valence-electron chi connectivity index (χ1n) is 12.0. The number of aliphatic carboxylic acids is 1. The molecular weight excluding hydrogens is 430 g/mol. The molecule has 34 heavy (non-hydrogen) atoms. The SMILES string of the molecule is O=C(O)C[C@H]1C=C(c2ccc(-c3noc(CCC4(c5ccccc5)CCCCC4)n3)cc2)NO1. The number of carboxylic acid groups (broad SMARTS) is 1. The van der Waals surface area contributed by atoms with E-state index < -0.39 is 12.1 Å². The normalized spacial score (nSPS) is 19.4. The van der Waals surface area contributed by atoms with Crippen molar-refractivity contribution in [3.63, 3.8) is 0 Å². The van der Waals surface area contributed by atoms with Crippen LogP contribution >= 0.6 is 0 Å². The second kappa shape index (κ2) is 9.81. The smallest absolute Gasteiger partial charge is 0.306 e. The molecule has 1 aromatic heterocycles. The fraction of sp³-hybridized carbons (Fsp3) is 0.370. The van der Waals surface area contributed by atoms with Crippen LogP contribution < -0.4 is 5.48 Å². The molecule has 1 aliphatic heterocycles. The molecule has 2 N–H and O–H groups in total. The Kier molecular flexibility index (Phi) is 6.45. The van der Waals surface area contributed by atoms with E-state index in [0.717, 1.165) is 29.7 Å². The maximum absolute atomic E-state index is 10.9. The van der Waals surface area contributed by atoms with Crippen molar-refractivity contribution in [3.05, 3.63) is 77.7 Å². The molecule has 0 saturated heterocycles.